The normalized spacial score (nSPS) is 5.40. The van der Waals surface area contributed by atoms with Crippen molar-refractivity contribution in [2.24, 2.45) is 0 Å². The van der Waals surface area contributed by atoms with Crippen molar-refractivity contribution in [2.45, 2.75) is 20.8 Å². The molecule has 0 radical (unpaired) electrons. The minimum Gasteiger partial charge on any atom is -0.855 e. The van der Waals surface area contributed by atoms with Gasteiger partial charge in [-0.05, 0) is 0 Å². The second-order valence-electron chi connectivity index (χ2n) is 0.866. The maximum atomic E-state index is 8.93. The zero-order valence-corrected chi connectivity index (χ0v) is 8.26. The molecule has 0 bridgehead atoms. The van der Waals surface area contributed by atoms with E-state index in [2.05, 4.69) is 0 Å². The molecule has 0 aromatic carbocycles. The van der Waals surface area contributed by atoms with Crippen molar-refractivity contribution in [3.05, 3.63) is 0 Å². The summed E-state index contributed by atoms with van der Waals surface area (Å²) in [6.07, 6.45) is 0. The van der Waals surface area contributed by atoms with Crippen molar-refractivity contribution in [1.29, 1.82) is 0 Å². The number of hydrogen-bond donors (Lipinski definition) is 0. The number of rotatable bonds is 0. The predicted molar refractivity (Wildman–Crippen MR) is 31.6 cm³/mol. The van der Waals surface area contributed by atoms with Crippen LogP contribution in [0.25, 0.3) is 0 Å². The van der Waals surface area contributed by atoms with Gasteiger partial charge in [-0.25, -0.2) is 0 Å². The van der Waals surface area contributed by atoms with Crippen LogP contribution in [0.2, 0.25) is 0 Å². The van der Waals surface area contributed by atoms with Crippen LogP contribution in [0.15, 0.2) is 0 Å². The first-order valence-corrected chi connectivity index (χ1v) is 2.99. The van der Waals surface area contributed by atoms with E-state index < -0.39 is 0 Å². The molecule has 0 fully saturated rings. The average Bonchev–Trinajstić information content (AvgIpc) is 1.70. The predicted octanol–water partition coefficient (Wildman–Crippen LogP) is -1.90. The molecule has 0 heterocycles. The van der Waals surface area contributed by atoms with Gasteiger partial charge in [0.2, 0.25) is 0 Å². The Morgan fingerprint density at radius 1 is 0.700 bits per heavy atom. The minimum absolute atomic E-state index is 0. The maximum Gasteiger partial charge on any atom is 3.00 e. The maximum absolute atomic E-state index is 8.93. The van der Waals surface area contributed by atoms with E-state index in [4.69, 9.17) is 15.3 Å². The molecule has 0 aromatic heterocycles. The third-order valence-electron chi connectivity index (χ3n) is 0. The van der Waals surface area contributed by atoms with Gasteiger partial charge in [-0.3, -0.25) is 0 Å². The quantitative estimate of drug-likeness (QED) is 0.525. The first kappa shape index (κ1) is 22.5. The smallest absolute Gasteiger partial charge is 0.855 e. The van der Waals surface area contributed by atoms with Gasteiger partial charge in [-0.2, -0.15) is 0 Å². The zero-order chi connectivity index (χ0) is 8.12. The molecular formula is C6H15LuO3. The SMILES string of the molecule is CC[O-].CC[O-].CC[O-].[Lu+3]. The van der Waals surface area contributed by atoms with Crippen molar-refractivity contribution in [3.63, 3.8) is 0 Å². The molecule has 0 aliphatic carbocycles. The van der Waals surface area contributed by atoms with Crippen molar-refractivity contribution in [3.8, 4) is 0 Å². The monoisotopic (exact) mass is 310 g/mol. The second kappa shape index (κ2) is 49.6. The Labute approximate surface area is 92.3 Å². The van der Waals surface area contributed by atoms with Gasteiger partial charge in [-0.1, -0.05) is 20.8 Å². The van der Waals surface area contributed by atoms with Gasteiger partial charge >= 0.3 is 36.9 Å². The van der Waals surface area contributed by atoms with Crippen LogP contribution < -0.4 is 15.3 Å². The van der Waals surface area contributed by atoms with Crippen LogP contribution in [0.1, 0.15) is 20.8 Å². The summed E-state index contributed by atoms with van der Waals surface area (Å²) in [5.74, 6) is 0. The summed E-state index contributed by atoms with van der Waals surface area (Å²) in [5, 5.41) is 26.8. The van der Waals surface area contributed by atoms with Crippen LogP contribution in [0.4, 0.5) is 0 Å². The molecule has 0 unspecified atom stereocenters. The molecular weight excluding hydrogens is 295 g/mol. The van der Waals surface area contributed by atoms with Crippen LogP contribution in [-0.4, -0.2) is 19.8 Å². The molecule has 4 heteroatoms. The molecule has 0 N–H and O–H groups in total. The summed E-state index contributed by atoms with van der Waals surface area (Å²) < 4.78 is 0. The van der Waals surface area contributed by atoms with Gasteiger partial charge in [0.05, 0.1) is 0 Å². The summed E-state index contributed by atoms with van der Waals surface area (Å²) in [4.78, 5) is 0. The fourth-order valence-corrected chi connectivity index (χ4v) is 0. The summed E-state index contributed by atoms with van der Waals surface area (Å²) in [6, 6.07) is 0. The minimum atomic E-state index is 0. The van der Waals surface area contributed by atoms with E-state index in [0.717, 1.165) is 0 Å². The van der Waals surface area contributed by atoms with E-state index in [1.165, 1.54) is 0 Å². The Morgan fingerprint density at radius 3 is 0.700 bits per heavy atom. The Kier molecular flexibility index (Phi) is 112. The second-order valence-corrected chi connectivity index (χ2v) is 0.866. The molecule has 0 spiro atoms. The van der Waals surface area contributed by atoms with Crippen molar-refractivity contribution in [2.75, 3.05) is 19.8 Å². The van der Waals surface area contributed by atoms with Gasteiger partial charge in [0, 0.05) is 0 Å². The molecule has 72 valence electrons. The first-order valence-electron chi connectivity index (χ1n) is 2.99. The summed E-state index contributed by atoms with van der Waals surface area (Å²) in [5.41, 5.74) is 0. The Bertz CT molecular complexity index is 17.7. The third-order valence-corrected chi connectivity index (χ3v) is 0. The molecule has 0 aliphatic heterocycles. The topological polar surface area (TPSA) is 69.2 Å². The Hall–Kier alpha value is 1.11. The van der Waals surface area contributed by atoms with E-state index in [1.54, 1.807) is 20.8 Å². The van der Waals surface area contributed by atoms with Crippen LogP contribution in [0.3, 0.4) is 0 Å². The third kappa shape index (κ3) is 484. The molecule has 3 nitrogen and oxygen atoms in total. The van der Waals surface area contributed by atoms with Gasteiger partial charge in [0.25, 0.3) is 0 Å². The average molecular weight is 310 g/mol. The van der Waals surface area contributed by atoms with Crippen LogP contribution in [0.5, 0.6) is 0 Å². The van der Waals surface area contributed by atoms with Gasteiger partial charge in [0.15, 0.2) is 0 Å². The Morgan fingerprint density at radius 2 is 0.700 bits per heavy atom. The standard InChI is InChI=1S/3C2H5O.Lu/c3*1-2-3;/h3*2H2,1H3;/q3*-1;+3. The largest absolute Gasteiger partial charge is 3.00 e. The molecule has 0 aromatic rings. The van der Waals surface area contributed by atoms with Crippen LogP contribution in [0, 0.1) is 36.9 Å². The zero-order valence-electron chi connectivity index (χ0n) is 6.60. The summed E-state index contributed by atoms with van der Waals surface area (Å²) >= 11 is 0. The van der Waals surface area contributed by atoms with Gasteiger partial charge < -0.3 is 15.3 Å². The fraction of sp³-hybridized carbons (Fsp3) is 1.00. The number of hydrogen-bond acceptors (Lipinski definition) is 3. The van der Waals surface area contributed by atoms with E-state index >= 15 is 0 Å². The first-order chi connectivity index (χ1) is 4.24. The van der Waals surface area contributed by atoms with E-state index in [0.29, 0.717) is 0 Å². The van der Waals surface area contributed by atoms with Gasteiger partial charge in [-0.15, -0.1) is 19.8 Å². The molecule has 0 amide bonds. The molecule has 0 atom stereocenters. The van der Waals surface area contributed by atoms with E-state index in [9.17, 15) is 0 Å². The van der Waals surface area contributed by atoms with E-state index in [1.807, 2.05) is 0 Å². The van der Waals surface area contributed by atoms with E-state index in [-0.39, 0.29) is 56.7 Å². The molecule has 0 saturated carbocycles. The van der Waals surface area contributed by atoms with Crippen molar-refractivity contribution < 1.29 is 52.2 Å². The van der Waals surface area contributed by atoms with Crippen molar-refractivity contribution in [1.82, 2.24) is 0 Å². The molecule has 0 aliphatic rings. The molecule has 0 rings (SSSR count). The van der Waals surface area contributed by atoms with Crippen LogP contribution >= 0.6 is 0 Å². The van der Waals surface area contributed by atoms with Crippen molar-refractivity contribution >= 4 is 0 Å². The Balaban J connectivity index is -0.0000000257. The fourth-order valence-electron chi connectivity index (χ4n) is 0. The summed E-state index contributed by atoms with van der Waals surface area (Å²) in [7, 11) is 0. The van der Waals surface area contributed by atoms with Gasteiger partial charge in [0.1, 0.15) is 0 Å². The molecule has 10 heavy (non-hydrogen) atoms. The molecule has 0 saturated heterocycles. The summed E-state index contributed by atoms with van der Waals surface area (Å²) in [6.45, 7) is 4.71. The van der Waals surface area contributed by atoms with Crippen LogP contribution in [-0.2, 0) is 0 Å².